The number of rotatable bonds is 5. The van der Waals surface area contributed by atoms with E-state index in [4.69, 9.17) is 0 Å². The number of hydrogen-bond acceptors (Lipinski definition) is 3. The fourth-order valence-electron chi connectivity index (χ4n) is 3.47. The summed E-state index contributed by atoms with van der Waals surface area (Å²) in [5.41, 5.74) is 4.10. The molecule has 6 heteroatoms. The van der Waals surface area contributed by atoms with Crippen LogP contribution in [0.2, 0.25) is 0 Å². The van der Waals surface area contributed by atoms with Crippen molar-refractivity contribution in [3.8, 4) is 5.69 Å². The van der Waals surface area contributed by atoms with Gasteiger partial charge in [0.15, 0.2) is 0 Å². The molecule has 0 fully saturated rings. The zero-order valence-electron chi connectivity index (χ0n) is 17.9. The molecule has 3 aromatic rings. The predicted octanol–water partition coefficient (Wildman–Crippen LogP) is 4.83. The Morgan fingerprint density at radius 1 is 0.966 bits per heavy atom. The first-order valence-corrected chi connectivity index (χ1v) is 11.2. The SMILES string of the molecule is Cc1nn(-c2ccccc2)c(C)c1S(=O)(=O)NC(C)c1ccc(C(C)(C)C)cc1. The average Bonchev–Trinajstić information content (AvgIpc) is 2.96. The number of para-hydroxylation sites is 1. The van der Waals surface area contributed by atoms with E-state index >= 15 is 0 Å². The summed E-state index contributed by atoms with van der Waals surface area (Å²) in [5, 5.41) is 4.46. The maximum absolute atomic E-state index is 13.2. The van der Waals surface area contributed by atoms with Crippen LogP contribution in [-0.4, -0.2) is 18.2 Å². The van der Waals surface area contributed by atoms with Crippen LogP contribution < -0.4 is 4.72 Å². The van der Waals surface area contributed by atoms with E-state index in [-0.39, 0.29) is 16.4 Å². The Morgan fingerprint density at radius 2 is 1.55 bits per heavy atom. The number of aryl methyl sites for hydroxylation is 1. The van der Waals surface area contributed by atoms with Crippen LogP contribution in [0.5, 0.6) is 0 Å². The summed E-state index contributed by atoms with van der Waals surface area (Å²) in [6.45, 7) is 11.8. The van der Waals surface area contributed by atoms with E-state index in [2.05, 4.69) is 42.7 Å². The van der Waals surface area contributed by atoms with Crippen LogP contribution in [-0.2, 0) is 15.4 Å². The summed E-state index contributed by atoms with van der Waals surface area (Å²) in [6, 6.07) is 17.3. The summed E-state index contributed by atoms with van der Waals surface area (Å²) >= 11 is 0. The molecule has 5 nitrogen and oxygen atoms in total. The number of nitrogens with zero attached hydrogens (tertiary/aromatic N) is 2. The molecule has 154 valence electrons. The smallest absolute Gasteiger partial charge is 0.236 e. The number of aromatic nitrogens is 2. The van der Waals surface area contributed by atoms with Crippen molar-refractivity contribution in [1.82, 2.24) is 14.5 Å². The van der Waals surface area contributed by atoms with Gasteiger partial charge < -0.3 is 0 Å². The van der Waals surface area contributed by atoms with Crippen molar-refractivity contribution in [2.75, 3.05) is 0 Å². The molecule has 29 heavy (non-hydrogen) atoms. The first-order valence-electron chi connectivity index (χ1n) is 9.75. The molecule has 1 atom stereocenters. The lowest BCUT2D eigenvalue weighted by molar-refractivity contribution is 0.564. The third-order valence-corrected chi connectivity index (χ3v) is 6.90. The minimum Gasteiger partial charge on any atom is -0.236 e. The topological polar surface area (TPSA) is 64.0 Å². The Labute approximate surface area is 173 Å². The highest BCUT2D eigenvalue weighted by Crippen LogP contribution is 2.26. The van der Waals surface area contributed by atoms with E-state index in [1.165, 1.54) is 5.56 Å². The van der Waals surface area contributed by atoms with Gasteiger partial charge in [0.25, 0.3) is 0 Å². The number of hydrogen-bond donors (Lipinski definition) is 1. The minimum absolute atomic E-state index is 0.0571. The van der Waals surface area contributed by atoms with Crippen LogP contribution in [0.25, 0.3) is 5.69 Å². The summed E-state index contributed by atoms with van der Waals surface area (Å²) in [7, 11) is -3.73. The van der Waals surface area contributed by atoms with Gasteiger partial charge >= 0.3 is 0 Å². The van der Waals surface area contributed by atoms with Crippen LogP contribution in [0.15, 0.2) is 59.5 Å². The molecule has 0 aliphatic rings. The van der Waals surface area contributed by atoms with Crippen molar-refractivity contribution in [3.05, 3.63) is 77.1 Å². The molecular formula is C23H29N3O2S. The molecule has 1 N–H and O–H groups in total. The average molecular weight is 412 g/mol. The third-order valence-electron chi connectivity index (χ3n) is 5.10. The summed E-state index contributed by atoms with van der Waals surface area (Å²) < 4.78 is 30.8. The molecule has 1 unspecified atom stereocenters. The van der Waals surface area contributed by atoms with E-state index < -0.39 is 10.0 Å². The maximum atomic E-state index is 13.2. The third kappa shape index (κ3) is 4.43. The zero-order chi connectivity index (χ0) is 21.4. The molecule has 2 aromatic carbocycles. The Morgan fingerprint density at radius 3 is 2.10 bits per heavy atom. The first kappa shape index (κ1) is 21.3. The summed E-state index contributed by atoms with van der Waals surface area (Å²) in [4.78, 5) is 0.236. The Balaban J connectivity index is 1.89. The molecule has 1 aromatic heterocycles. The van der Waals surface area contributed by atoms with Crippen molar-refractivity contribution >= 4 is 10.0 Å². The molecule has 0 saturated carbocycles. The fourth-order valence-corrected chi connectivity index (χ4v) is 5.09. The van der Waals surface area contributed by atoms with E-state index in [0.29, 0.717) is 11.4 Å². The Hall–Kier alpha value is -2.44. The van der Waals surface area contributed by atoms with E-state index in [0.717, 1.165) is 11.3 Å². The lowest BCUT2D eigenvalue weighted by Crippen LogP contribution is -2.28. The molecule has 0 amide bonds. The fraction of sp³-hybridized carbons (Fsp3) is 0.348. The van der Waals surface area contributed by atoms with Crippen molar-refractivity contribution in [2.45, 2.75) is 57.9 Å². The zero-order valence-corrected chi connectivity index (χ0v) is 18.7. The molecule has 0 saturated heterocycles. The lowest BCUT2D eigenvalue weighted by Gasteiger charge is -2.20. The Bertz CT molecular complexity index is 1090. The summed E-state index contributed by atoms with van der Waals surface area (Å²) in [5.74, 6) is 0. The highest BCUT2D eigenvalue weighted by Gasteiger charge is 2.27. The molecule has 0 aliphatic heterocycles. The van der Waals surface area contributed by atoms with Gasteiger partial charge in [0.2, 0.25) is 10.0 Å². The molecule has 0 radical (unpaired) electrons. The lowest BCUT2D eigenvalue weighted by atomic mass is 9.86. The minimum atomic E-state index is -3.73. The molecular weight excluding hydrogens is 382 g/mol. The van der Waals surface area contributed by atoms with E-state index in [9.17, 15) is 8.42 Å². The van der Waals surface area contributed by atoms with Crippen LogP contribution in [0.1, 0.15) is 56.3 Å². The van der Waals surface area contributed by atoms with Crippen LogP contribution in [0.3, 0.4) is 0 Å². The van der Waals surface area contributed by atoms with Crippen molar-refractivity contribution in [1.29, 1.82) is 0 Å². The van der Waals surface area contributed by atoms with Gasteiger partial charge in [0.1, 0.15) is 4.90 Å². The second-order valence-corrected chi connectivity index (χ2v) is 10.1. The molecule has 0 spiro atoms. The van der Waals surface area contributed by atoms with E-state index in [1.807, 2.05) is 49.4 Å². The van der Waals surface area contributed by atoms with Gasteiger partial charge in [0.05, 0.1) is 17.1 Å². The van der Waals surface area contributed by atoms with Gasteiger partial charge in [-0.15, -0.1) is 0 Å². The number of sulfonamides is 1. The number of nitrogens with one attached hydrogen (secondary N) is 1. The van der Waals surface area contributed by atoms with Gasteiger partial charge in [-0.25, -0.2) is 17.8 Å². The maximum Gasteiger partial charge on any atom is 0.244 e. The predicted molar refractivity (Wildman–Crippen MR) is 117 cm³/mol. The molecule has 0 aliphatic carbocycles. The highest BCUT2D eigenvalue weighted by molar-refractivity contribution is 7.89. The second-order valence-electron chi connectivity index (χ2n) is 8.46. The van der Waals surface area contributed by atoms with Gasteiger partial charge in [-0.1, -0.05) is 63.2 Å². The summed E-state index contributed by atoms with van der Waals surface area (Å²) in [6.07, 6.45) is 0. The van der Waals surface area contributed by atoms with E-state index in [1.54, 1.807) is 18.5 Å². The van der Waals surface area contributed by atoms with Crippen LogP contribution in [0.4, 0.5) is 0 Å². The number of benzene rings is 2. The van der Waals surface area contributed by atoms with Gasteiger partial charge in [-0.05, 0) is 49.4 Å². The largest absolute Gasteiger partial charge is 0.244 e. The molecule has 1 heterocycles. The molecule has 3 rings (SSSR count). The second kappa shape index (κ2) is 7.76. The standard InChI is InChI=1S/C23H29N3O2S/c1-16(19-12-14-20(15-13-19)23(4,5)6)25-29(27,28)22-17(2)24-26(18(22)3)21-10-8-7-9-11-21/h7-16,25H,1-6H3. The highest BCUT2D eigenvalue weighted by atomic mass is 32.2. The van der Waals surface area contributed by atoms with Crippen molar-refractivity contribution in [2.24, 2.45) is 0 Å². The Kier molecular flexibility index (Phi) is 5.70. The van der Waals surface area contributed by atoms with Gasteiger partial charge in [-0.2, -0.15) is 5.10 Å². The van der Waals surface area contributed by atoms with Gasteiger partial charge in [0, 0.05) is 6.04 Å². The first-order chi connectivity index (χ1) is 13.5. The van der Waals surface area contributed by atoms with Crippen LogP contribution in [0, 0.1) is 13.8 Å². The van der Waals surface area contributed by atoms with Gasteiger partial charge in [-0.3, -0.25) is 0 Å². The molecule has 0 bridgehead atoms. The quantitative estimate of drug-likeness (QED) is 0.654. The normalized spacial score (nSPS) is 13.4. The monoisotopic (exact) mass is 411 g/mol. The van der Waals surface area contributed by atoms with Crippen molar-refractivity contribution < 1.29 is 8.42 Å². The van der Waals surface area contributed by atoms with Crippen LogP contribution >= 0.6 is 0 Å². The van der Waals surface area contributed by atoms with Crippen molar-refractivity contribution in [3.63, 3.8) is 0 Å².